The van der Waals surface area contributed by atoms with Gasteiger partial charge in [-0.3, -0.25) is 9.36 Å². The van der Waals surface area contributed by atoms with Gasteiger partial charge in [-0.25, -0.2) is 0 Å². The van der Waals surface area contributed by atoms with Crippen LogP contribution in [0.2, 0.25) is 0 Å². The van der Waals surface area contributed by atoms with E-state index in [2.05, 4.69) is 27.6 Å². The highest BCUT2D eigenvalue weighted by atomic mass is 32.2. The number of anilines is 1. The standard InChI is InChI=1S/C23H22N4O2S/c1-16-20(13-14-29-16)21-25-26-23(27(21)15-18-9-5-3-6-10-18)30-17(2)22(28)24-19-11-7-4-8-12-19/h3-14,17H,15H2,1-2H3,(H,24,28). The fourth-order valence-electron chi connectivity index (χ4n) is 3.08. The minimum atomic E-state index is -0.345. The molecule has 0 aliphatic rings. The van der Waals surface area contributed by atoms with Gasteiger partial charge in [0.05, 0.1) is 23.6 Å². The normalized spacial score (nSPS) is 11.9. The minimum Gasteiger partial charge on any atom is -0.469 e. The highest BCUT2D eigenvalue weighted by Crippen LogP contribution is 2.30. The maximum Gasteiger partial charge on any atom is 0.237 e. The fourth-order valence-corrected chi connectivity index (χ4v) is 3.93. The average Bonchev–Trinajstić information content (AvgIpc) is 3.35. The molecule has 0 saturated carbocycles. The number of aromatic nitrogens is 3. The molecule has 2 aromatic carbocycles. The summed E-state index contributed by atoms with van der Waals surface area (Å²) >= 11 is 1.39. The van der Waals surface area contributed by atoms with E-state index in [1.165, 1.54) is 11.8 Å². The van der Waals surface area contributed by atoms with E-state index in [9.17, 15) is 4.79 Å². The molecule has 0 bridgehead atoms. The summed E-state index contributed by atoms with van der Waals surface area (Å²) in [6.07, 6.45) is 1.65. The lowest BCUT2D eigenvalue weighted by molar-refractivity contribution is -0.115. The van der Waals surface area contributed by atoms with E-state index in [1.54, 1.807) is 6.26 Å². The smallest absolute Gasteiger partial charge is 0.237 e. The monoisotopic (exact) mass is 418 g/mol. The van der Waals surface area contributed by atoms with Gasteiger partial charge in [0.25, 0.3) is 0 Å². The molecule has 152 valence electrons. The van der Waals surface area contributed by atoms with Gasteiger partial charge >= 0.3 is 0 Å². The number of hydrogen-bond donors (Lipinski definition) is 1. The SMILES string of the molecule is Cc1occc1-c1nnc(SC(C)C(=O)Nc2ccccc2)n1Cc1ccccc1. The number of aryl methyl sites for hydroxylation is 1. The van der Waals surface area contributed by atoms with Gasteiger partial charge in [-0.15, -0.1) is 10.2 Å². The Kier molecular flexibility index (Phi) is 5.99. The summed E-state index contributed by atoms with van der Waals surface area (Å²) in [5, 5.41) is 12.1. The van der Waals surface area contributed by atoms with Crippen LogP contribution in [0.5, 0.6) is 0 Å². The van der Waals surface area contributed by atoms with Gasteiger partial charge in [0.15, 0.2) is 11.0 Å². The van der Waals surface area contributed by atoms with Crippen LogP contribution in [0.25, 0.3) is 11.4 Å². The van der Waals surface area contributed by atoms with Crippen molar-refractivity contribution in [2.24, 2.45) is 0 Å². The Morgan fingerprint density at radius 1 is 1.07 bits per heavy atom. The molecule has 0 radical (unpaired) electrons. The molecular weight excluding hydrogens is 396 g/mol. The largest absolute Gasteiger partial charge is 0.469 e. The van der Waals surface area contributed by atoms with Crippen molar-refractivity contribution < 1.29 is 9.21 Å². The summed E-state index contributed by atoms with van der Waals surface area (Å²) in [7, 11) is 0. The number of hydrogen-bond acceptors (Lipinski definition) is 5. The van der Waals surface area contributed by atoms with E-state index in [0.29, 0.717) is 11.7 Å². The van der Waals surface area contributed by atoms with E-state index in [0.717, 1.165) is 28.4 Å². The number of nitrogens with zero attached hydrogens (tertiary/aromatic N) is 3. The summed E-state index contributed by atoms with van der Waals surface area (Å²) in [6, 6.07) is 21.4. The third-order valence-electron chi connectivity index (χ3n) is 4.69. The van der Waals surface area contributed by atoms with Crippen molar-refractivity contribution in [1.29, 1.82) is 0 Å². The lowest BCUT2D eigenvalue weighted by Crippen LogP contribution is -2.23. The van der Waals surface area contributed by atoms with Crippen LogP contribution in [-0.2, 0) is 11.3 Å². The minimum absolute atomic E-state index is 0.0819. The van der Waals surface area contributed by atoms with Crippen LogP contribution in [-0.4, -0.2) is 25.9 Å². The van der Waals surface area contributed by atoms with Crippen molar-refractivity contribution in [2.75, 3.05) is 5.32 Å². The van der Waals surface area contributed by atoms with Gasteiger partial charge in [0.1, 0.15) is 5.76 Å². The summed E-state index contributed by atoms with van der Waals surface area (Å²) in [4.78, 5) is 12.7. The first-order valence-corrected chi connectivity index (χ1v) is 10.5. The number of carbonyl (C=O) groups is 1. The molecule has 1 unspecified atom stereocenters. The Morgan fingerprint density at radius 2 is 1.77 bits per heavy atom. The number of benzene rings is 2. The van der Waals surface area contributed by atoms with Crippen LogP contribution in [0.4, 0.5) is 5.69 Å². The number of carbonyl (C=O) groups excluding carboxylic acids is 1. The van der Waals surface area contributed by atoms with Gasteiger partial charge in [-0.05, 0) is 37.6 Å². The first kappa shape index (κ1) is 20.0. The molecule has 4 rings (SSSR count). The topological polar surface area (TPSA) is 72.9 Å². The second kappa shape index (κ2) is 9.00. The zero-order valence-electron chi connectivity index (χ0n) is 16.8. The van der Waals surface area contributed by atoms with Crippen LogP contribution in [0.1, 0.15) is 18.2 Å². The second-order valence-electron chi connectivity index (χ2n) is 6.88. The van der Waals surface area contributed by atoms with E-state index in [1.807, 2.05) is 73.0 Å². The van der Waals surface area contributed by atoms with Gasteiger partial charge in [0.2, 0.25) is 5.91 Å². The van der Waals surface area contributed by atoms with Gasteiger partial charge in [-0.2, -0.15) is 0 Å². The molecule has 0 fully saturated rings. The summed E-state index contributed by atoms with van der Waals surface area (Å²) in [5.41, 5.74) is 2.80. The quantitative estimate of drug-likeness (QED) is 0.427. The second-order valence-corrected chi connectivity index (χ2v) is 8.19. The number of furan rings is 1. The third-order valence-corrected chi connectivity index (χ3v) is 5.77. The molecule has 6 nitrogen and oxygen atoms in total. The van der Waals surface area contributed by atoms with E-state index in [-0.39, 0.29) is 11.2 Å². The highest BCUT2D eigenvalue weighted by molar-refractivity contribution is 8.00. The fraction of sp³-hybridized carbons (Fsp3) is 0.174. The van der Waals surface area contributed by atoms with Crippen LogP contribution < -0.4 is 5.32 Å². The zero-order valence-corrected chi connectivity index (χ0v) is 17.6. The van der Waals surface area contributed by atoms with Gasteiger partial charge in [-0.1, -0.05) is 60.3 Å². The predicted molar refractivity (Wildman–Crippen MR) is 118 cm³/mol. The van der Waals surface area contributed by atoms with Crippen molar-refractivity contribution in [3.05, 3.63) is 84.3 Å². The molecule has 2 aromatic heterocycles. The number of amides is 1. The summed E-state index contributed by atoms with van der Waals surface area (Å²) in [5.74, 6) is 1.42. The zero-order chi connectivity index (χ0) is 20.9. The molecule has 0 spiro atoms. The lowest BCUT2D eigenvalue weighted by atomic mass is 10.2. The molecule has 1 N–H and O–H groups in total. The Hall–Kier alpha value is -3.32. The highest BCUT2D eigenvalue weighted by Gasteiger charge is 2.22. The average molecular weight is 419 g/mol. The van der Waals surface area contributed by atoms with Gasteiger partial charge < -0.3 is 9.73 Å². The number of rotatable bonds is 7. The molecule has 30 heavy (non-hydrogen) atoms. The Morgan fingerprint density at radius 3 is 2.43 bits per heavy atom. The van der Waals surface area contributed by atoms with Crippen molar-refractivity contribution in [3.8, 4) is 11.4 Å². The van der Waals surface area contributed by atoms with Crippen molar-refractivity contribution in [1.82, 2.24) is 14.8 Å². The molecule has 2 heterocycles. The molecule has 0 aliphatic heterocycles. The molecule has 4 aromatic rings. The maximum atomic E-state index is 12.7. The van der Waals surface area contributed by atoms with Crippen molar-refractivity contribution in [2.45, 2.75) is 30.8 Å². The molecule has 1 amide bonds. The van der Waals surface area contributed by atoms with Crippen molar-refractivity contribution in [3.63, 3.8) is 0 Å². The Balaban J connectivity index is 1.60. The Labute approximate surface area is 179 Å². The van der Waals surface area contributed by atoms with Gasteiger partial charge in [0, 0.05) is 5.69 Å². The first-order valence-electron chi connectivity index (χ1n) is 9.66. The van der Waals surface area contributed by atoms with E-state index < -0.39 is 0 Å². The third kappa shape index (κ3) is 4.46. The van der Waals surface area contributed by atoms with Crippen molar-refractivity contribution >= 4 is 23.4 Å². The van der Waals surface area contributed by atoms with E-state index >= 15 is 0 Å². The molecule has 0 saturated heterocycles. The molecule has 7 heteroatoms. The first-order chi connectivity index (χ1) is 14.6. The number of thioether (sulfide) groups is 1. The molecule has 0 aliphatic carbocycles. The molecule has 1 atom stereocenters. The number of para-hydroxylation sites is 1. The lowest BCUT2D eigenvalue weighted by Gasteiger charge is -2.14. The summed E-state index contributed by atoms with van der Waals surface area (Å²) < 4.78 is 7.50. The van der Waals surface area contributed by atoms with Crippen LogP contribution in [0.3, 0.4) is 0 Å². The summed E-state index contributed by atoms with van der Waals surface area (Å²) in [6.45, 7) is 4.37. The van der Waals surface area contributed by atoms with Crippen LogP contribution >= 0.6 is 11.8 Å². The van der Waals surface area contributed by atoms with Crippen LogP contribution in [0, 0.1) is 6.92 Å². The predicted octanol–water partition coefficient (Wildman–Crippen LogP) is 5.01. The van der Waals surface area contributed by atoms with E-state index in [4.69, 9.17) is 4.42 Å². The molecular formula is C23H22N4O2S. The van der Waals surface area contributed by atoms with Crippen LogP contribution in [0.15, 0.2) is 82.6 Å². The maximum absolute atomic E-state index is 12.7. The Bertz CT molecular complexity index is 1120. The number of nitrogens with one attached hydrogen (secondary N) is 1.